The molecule has 0 N–H and O–H groups in total. The summed E-state index contributed by atoms with van der Waals surface area (Å²) in [4.78, 5) is 20.5. The highest BCUT2D eigenvalue weighted by Gasteiger charge is 2.43. The van der Waals surface area contributed by atoms with Crippen molar-refractivity contribution in [1.29, 1.82) is 0 Å². The number of aromatic nitrogens is 2. The molecule has 2 aliphatic rings. The number of nitrogens with zero attached hydrogens (tertiary/aromatic N) is 5. The Kier molecular flexibility index (Phi) is 6.12. The number of amides is 1. The summed E-state index contributed by atoms with van der Waals surface area (Å²) in [5.74, 6) is 0.310. The molecule has 2 saturated heterocycles. The van der Waals surface area contributed by atoms with E-state index in [1.165, 1.54) is 17.3 Å². The molecule has 0 bridgehead atoms. The van der Waals surface area contributed by atoms with Crippen molar-refractivity contribution < 1.29 is 30.9 Å². The third-order valence-corrected chi connectivity index (χ3v) is 8.17. The zero-order valence-electron chi connectivity index (χ0n) is 18.2. The molecule has 0 aromatic carbocycles. The zero-order chi connectivity index (χ0) is 24.0. The Bertz CT molecular complexity index is 1110. The Morgan fingerprint density at radius 2 is 1.82 bits per heavy atom. The second kappa shape index (κ2) is 8.60. The molecule has 0 spiro atoms. The Morgan fingerprint density at radius 3 is 2.36 bits per heavy atom. The lowest BCUT2D eigenvalue weighted by Gasteiger charge is -2.37. The van der Waals surface area contributed by atoms with Gasteiger partial charge in [0.2, 0.25) is 15.9 Å². The summed E-state index contributed by atoms with van der Waals surface area (Å²) in [6.45, 7) is 4.70. The lowest BCUT2D eigenvalue weighted by Crippen LogP contribution is -2.54. The number of carbonyl (C=O) groups excluding carboxylic acids is 1. The maximum Gasteiger partial charge on any atom is 0.417 e. The van der Waals surface area contributed by atoms with Crippen LogP contribution in [0.4, 0.5) is 19.0 Å². The number of hydrogen-bond acceptors (Lipinski definition) is 7. The van der Waals surface area contributed by atoms with E-state index in [0.29, 0.717) is 44.8 Å². The monoisotopic (exact) mass is 487 g/mol. The van der Waals surface area contributed by atoms with E-state index in [2.05, 4.69) is 10.1 Å². The fourth-order valence-electron chi connectivity index (χ4n) is 4.34. The molecule has 2 aromatic heterocycles. The number of carbonyl (C=O) groups is 1. The summed E-state index contributed by atoms with van der Waals surface area (Å²) in [7, 11) is -3.94. The van der Waals surface area contributed by atoms with Gasteiger partial charge in [-0.3, -0.25) is 4.79 Å². The van der Waals surface area contributed by atoms with Gasteiger partial charge in [0, 0.05) is 38.9 Å². The molecule has 0 saturated carbocycles. The van der Waals surface area contributed by atoms with Gasteiger partial charge in [0.25, 0.3) is 0 Å². The van der Waals surface area contributed by atoms with Gasteiger partial charge in [0.15, 0.2) is 5.76 Å². The first-order chi connectivity index (χ1) is 15.5. The number of aryl methyl sites for hydroxylation is 2. The fraction of sp³-hybridized carbons (Fsp3) is 0.550. The van der Waals surface area contributed by atoms with Gasteiger partial charge in [-0.25, -0.2) is 13.4 Å². The van der Waals surface area contributed by atoms with Crippen LogP contribution < -0.4 is 4.90 Å². The average Bonchev–Trinajstić information content (AvgIpc) is 3.40. The number of piperazine rings is 1. The van der Waals surface area contributed by atoms with Gasteiger partial charge in [-0.1, -0.05) is 5.16 Å². The molecule has 9 nitrogen and oxygen atoms in total. The molecule has 4 heterocycles. The predicted octanol–water partition coefficient (Wildman–Crippen LogP) is 2.21. The SMILES string of the molecule is Cc1noc(C)c1S(=O)(=O)N1CCC[C@@H]1C(=O)N1CCN(c2ccc(C(F)(F)F)cn2)CC1. The van der Waals surface area contributed by atoms with Gasteiger partial charge in [0.1, 0.15) is 22.4 Å². The van der Waals surface area contributed by atoms with Crippen molar-refractivity contribution in [3.63, 3.8) is 0 Å². The van der Waals surface area contributed by atoms with Crippen LogP contribution in [-0.4, -0.2) is 72.4 Å². The van der Waals surface area contributed by atoms with Gasteiger partial charge < -0.3 is 14.3 Å². The second-order valence-electron chi connectivity index (χ2n) is 8.14. The van der Waals surface area contributed by atoms with E-state index in [4.69, 9.17) is 4.52 Å². The van der Waals surface area contributed by atoms with Crippen LogP contribution in [0.25, 0.3) is 0 Å². The van der Waals surface area contributed by atoms with Crippen LogP contribution >= 0.6 is 0 Å². The topological polar surface area (TPSA) is 99.8 Å². The minimum absolute atomic E-state index is 0.000368. The first-order valence-corrected chi connectivity index (χ1v) is 12.0. The van der Waals surface area contributed by atoms with E-state index in [0.717, 1.165) is 12.3 Å². The van der Waals surface area contributed by atoms with Gasteiger partial charge in [-0.15, -0.1) is 0 Å². The van der Waals surface area contributed by atoms with Crippen LogP contribution in [0.15, 0.2) is 27.7 Å². The molecule has 2 aromatic rings. The van der Waals surface area contributed by atoms with Crippen LogP contribution in [0.5, 0.6) is 0 Å². The highest BCUT2D eigenvalue weighted by atomic mass is 32.2. The maximum absolute atomic E-state index is 13.2. The summed E-state index contributed by atoms with van der Waals surface area (Å²) in [5, 5.41) is 3.72. The van der Waals surface area contributed by atoms with Crippen molar-refractivity contribution >= 4 is 21.7 Å². The van der Waals surface area contributed by atoms with E-state index in [9.17, 15) is 26.4 Å². The van der Waals surface area contributed by atoms with Crippen molar-refractivity contribution in [3.8, 4) is 0 Å². The third kappa shape index (κ3) is 4.43. The molecule has 4 rings (SSSR count). The molecule has 13 heteroatoms. The number of halogens is 3. The van der Waals surface area contributed by atoms with Crippen LogP contribution in [0, 0.1) is 13.8 Å². The Labute approximate surface area is 189 Å². The number of anilines is 1. The minimum atomic E-state index is -4.45. The molecular weight excluding hydrogens is 463 g/mol. The summed E-state index contributed by atoms with van der Waals surface area (Å²) < 4.78 is 70.9. The molecular formula is C20H24F3N5O4S. The average molecular weight is 488 g/mol. The molecule has 2 fully saturated rings. The smallest absolute Gasteiger partial charge is 0.360 e. The van der Waals surface area contributed by atoms with E-state index >= 15 is 0 Å². The van der Waals surface area contributed by atoms with Crippen LogP contribution in [-0.2, 0) is 21.0 Å². The van der Waals surface area contributed by atoms with Crippen LogP contribution in [0.3, 0.4) is 0 Å². The largest absolute Gasteiger partial charge is 0.417 e. The van der Waals surface area contributed by atoms with Crippen molar-refractivity contribution in [2.75, 3.05) is 37.6 Å². The maximum atomic E-state index is 13.2. The van der Waals surface area contributed by atoms with Crippen LogP contribution in [0.2, 0.25) is 0 Å². The molecule has 0 radical (unpaired) electrons. The van der Waals surface area contributed by atoms with E-state index < -0.39 is 27.8 Å². The Morgan fingerprint density at radius 1 is 1.12 bits per heavy atom. The summed E-state index contributed by atoms with van der Waals surface area (Å²) in [6, 6.07) is 1.49. The second-order valence-corrected chi connectivity index (χ2v) is 9.97. The van der Waals surface area contributed by atoms with Crippen molar-refractivity contribution in [2.45, 2.75) is 43.8 Å². The standard InChI is InChI=1S/C20H24F3N5O4S/c1-13-18(14(2)32-25-13)33(30,31)28-7-3-4-16(28)19(29)27-10-8-26(9-11-27)17-6-5-15(12-24-17)20(21,22)23/h5-6,12,16H,3-4,7-11H2,1-2H3/t16-/m1/s1. The lowest BCUT2D eigenvalue weighted by molar-refractivity contribution is -0.138. The summed E-state index contributed by atoms with van der Waals surface area (Å²) in [6.07, 6.45) is -2.67. The predicted molar refractivity (Wildman–Crippen MR) is 111 cm³/mol. The minimum Gasteiger partial charge on any atom is -0.360 e. The van der Waals surface area contributed by atoms with Gasteiger partial charge in [0.05, 0.1) is 5.56 Å². The number of alkyl halides is 3. The quantitative estimate of drug-likeness (QED) is 0.652. The summed E-state index contributed by atoms with van der Waals surface area (Å²) >= 11 is 0. The first-order valence-electron chi connectivity index (χ1n) is 10.5. The Hall–Kier alpha value is -2.67. The van der Waals surface area contributed by atoms with Gasteiger partial charge in [-0.05, 0) is 38.8 Å². The third-order valence-electron chi connectivity index (χ3n) is 6.01. The number of rotatable bonds is 4. The zero-order valence-corrected chi connectivity index (χ0v) is 19.0. The van der Waals surface area contributed by atoms with Crippen LogP contribution in [0.1, 0.15) is 29.9 Å². The number of hydrogen-bond donors (Lipinski definition) is 0. The normalized spacial score (nSPS) is 20.5. The number of pyridine rings is 1. The first kappa shape index (κ1) is 23.5. The van der Waals surface area contributed by atoms with E-state index in [-0.39, 0.29) is 28.8 Å². The van der Waals surface area contributed by atoms with Crippen molar-refractivity contribution in [1.82, 2.24) is 19.3 Å². The summed E-state index contributed by atoms with van der Waals surface area (Å²) in [5.41, 5.74) is -0.566. The Balaban J connectivity index is 1.43. The molecule has 1 amide bonds. The fourth-order valence-corrected chi connectivity index (χ4v) is 6.29. The molecule has 0 unspecified atom stereocenters. The molecule has 1 atom stereocenters. The van der Waals surface area contributed by atoms with E-state index in [1.807, 2.05) is 0 Å². The van der Waals surface area contributed by atoms with Crippen molar-refractivity contribution in [3.05, 3.63) is 35.3 Å². The van der Waals surface area contributed by atoms with Gasteiger partial charge >= 0.3 is 6.18 Å². The number of sulfonamides is 1. The highest BCUT2D eigenvalue weighted by molar-refractivity contribution is 7.89. The molecule has 2 aliphatic heterocycles. The van der Waals surface area contributed by atoms with Gasteiger partial charge in [-0.2, -0.15) is 17.5 Å². The highest BCUT2D eigenvalue weighted by Crippen LogP contribution is 2.32. The van der Waals surface area contributed by atoms with E-state index in [1.54, 1.807) is 16.7 Å². The molecule has 33 heavy (non-hydrogen) atoms. The molecule has 0 aliphatic carbocycles. The van der Waals surface area contributed by atoms with Crippen molar-refractivity contribution in [2.24, 2.45) is 0 Å². The lowest BCUT2D eigenvalue weighted by atomic mass is 10.2. The molecule has 180 valence electrons.